The van der Waals surface area contributed by atoms with E-state index in [4.69, 9.17) is 0 Å². The number of carbonyl (C=O) groups is 3. The van der Waals surface area contributed by atoms with Gasteiger partial charge in [0.1, 0.15) is 0 Å². The van der Waals surface area contributed by atoms with Crippen molar-refractivity contribution >= 4 is 34.6 Å². The summed E-state index contributed by atoms with van der Waals surface area (Å²) in [6.45, 7) is 3.90. The average molecular weight is 637 g/mol. The van der Waals surface area contributed by atoms with Crippen LogP contribution in [-0.2, 0) is 11.0 Å². The molecule has 3 heterocycles. The van der Waals surface area contributed by atoms with Crippen LogP contribution in [0.4, 0.5) is 28.0 Å². The highest BCUT2D eigenvalue weighted by atomic mass is 19.4. The lowest BCUT2D eigenvalue weighted by atomic mass is 10.1. The molecule has 14 heteroatoms. The molecule has 6 rings (SSSR count). The van der Waals surface area contributed by atoms with Crippen molar-refractivity contribution in [3.63, 3.8) is 0 Å². The van der Waals surface area contributed by atoms with Crippen LogP contribution in [-0.4, -0.2) is 80.9 Å². The first-order valence-corrected chi connectivity index (χ1v) is 14.4. The molecule has 2 aliphatic rings. The second-order valence-corrected chi connectivity index (χ2v) is 11.1. The van der Waals surface area contributed by atoms with Crippen molar-refractivity contribution in [3.8, 4) is 5.69 Å². The van der Waals surface area contributed by atoms with E-state index in [1.165, 1.54) is 26.2 Å². The van der Waals surface area contributed by atoms with Crippen molar-refractivity contribution < 1.29 is 31.9 Å². The van der Waals surface area contributed by atoms with Crippen LogP contribution in [0.25, 0.3) is 16.7 Å². The van der Waals surface area contributed by atoms with E-state index in [1.54, 1.807) is 52.3 Å². The number of amides is 4. The lowest BCUT2D eigenvalue weighted by Gasteiger charge is -2.39. The summed E-state index contributed by atoms with van der Waals surface area (Å²) < 4.78 is 55.8. The third-order valence-corrected chi connectivity index (χ3v) is 8.20. The highest BCUT2D eigenvalue weighted by Gasteiger charge is 2.38. The Hall–Kier alpha value is -5.40. The number of piperazine rings is 1. The van der Waals surface area contributed by atoms with Gasteiger partial charge in [0.25, 0.3) is 11.8 Å². The predicted molar refractivity (Wildman–Crippen MR) is 161 cm³/mol. The third-order valence-electron chi connectivity index (χ3n) is 8.20. The number of urea groups is 1. The second-order valence-electron chi connectivity index (χ2n) is 11.1. The van der Waals surface area contributed by atoms with E-state index in [1.807, 2.05) is 6.07 Å². The van der Waals surface area contributed by atoms with Gasteiger partial charge in [0.2, 0.25) is 0 Å². The molecule has 0 saturated carbocycles. The number of nitrogens with one attached hydrogen (secondary N) is 1. The molecule has 3 aromatic carbocycles. The van der Waals surface area contributed by atoms with E-state index >= 15 is 0 Å². The van der Waals surface area contributed by atoms with Crippen LogP contribution in [0.3, 0.4) is 0 Å². The number of anilines is 1. The van der Waals surface area contributed by atoms with Crippen molar-refractivity contribution in [1.29, 1.82) is 0 Å². The van der Waals surface area contributed by atoms with Crippen molar-refractivity contribution in [3.05, 3.63) is 107 Å². The van der Waals surface area contributed by atoms with E-state index in [9.17, 15) is 36.7 Å². The number of aromatic nitrogens is 2. The summed E-state index contributed by atoms with van der Waals surface area (Å²) in [7, 11) is 0. The maximum Gasteiger partial charge on any atom is 0.416 e. The standard InChI is InChI=1S/C32H28F4N6O4/c1-20(33)28(43)40-18-24(19-40)42-27-25(29(44)38-14-16-39(17-15-38)30(45)37-22-6-3-2-4-7-22)8-5-9-26(27)41(31(42)46)23-12-10-21(11-13-23)32(34,35)36/h2-13,24H,1,14-19H2,(H,37,45). The zero-order valence-corrected chi connectivity index (χ0v) is 24.3. The molecule has 46 heavy (non-hydrogen) atoms. The predicted octanol–water partition coefficient (Wildman–Crippen LogP) is 4.67. The molecule has 1 aromatic heterocycles. The van der Waals surface area contributed by atoms with Crippen LogP contribution in [0.1, 0.15) is 22.0 Å². The molecular weight excluding hydrogens is 608 g/mol. The minimum Gasteiger partial charge on any atom is -0.335 e. The van der Waals surface area contributed by atoms with Crippen LogP contribution < -0.4 is 11.0 Å². The number of rotatable bonds is 5. The Morgan fingerprint density at radius 1 is 0.804 bits per heavy atom. The van der Waals surface area contributed by atoms with Gasteiger partial charge in [-0.25, -0.2) is 14.0 Å². The number of carbonyl (C=O) groups excluding carboxylic acids is 3. The molecule has 4 amide bonds. The van der Waals surface area contributed by atoms with E-state index in [2.05, 4.69) is 11.9 Å². The highest BCUT2D eigenvalue weighted by molar-refractivity contribution is 6.05. The molecule has 0 unspecified atom stereocenters. The molecule has 0 aliphatic carbocycles. The molecule has 2 fully saturated rings. The van der Waals surface area contributed by atoms with Gasteiger partial charge in [0, 0.05) is 45.0 Å². The number of imidazole rings is 1. The summed E-state index contributed by atoms with van der Waals surface area (Å²) in [6.07, 6.45) is -4.58. The fourth-order valence-corrected chi connectivity index (χ4v) is 5.79. The topological polar surface area (TPSA) is 99.9 Å². The number of likely N-dealkylation sites (tertiary alicyclic amines) is 1. The van der Waals surface area contributed by atoms with Crippen LogP contribution >= 0.6 is 0 Å². The van der Waals surface area contributed by atoms with Crippen LogP contribution in [0, 0.1) is 0 Å². The van der Waals surface area contributed by atoms with Crippen molar-refractivity contribution in [1.82, 2.24) is 23.8 Å². The molecule has 0 bridgehead atoms. The van der Waals surface area contributed by atoms with Crippen molar-refractivity contribution in [2.75, 3.05) is 44.6 Å². The summed E-state index contributed by atoms with van der Waals surface area (Å²) in [5.41, 5.74) is -0.0566. The summed E-state index contributed by atoms with van der Waals surface area (Å²) in [5.74, 6) is -2.47. The van der Waals surface area contributed by atoms with Gasteiger partial charge in [-0.05, 0) is 48.5 Å². The first-order valence-electron chi connectivity index (χ1n) is 14.4. The normalized spacial score (nSPS) is 15.5. The Balaban J connectivity index is 1.32. The number of halogens is 4. The monoisotopic (exact) mass is 636 g/mol. The van der Waals surface area contributed by atoms with Gasteiger partial charge in [-0.15, -0.1) is 0 Å². The van der Waals surface area contributed by atoms with Gasteiger partial charge >= 0.3 is 17.9 Å². The molecule has 0 radical (unpaired) electrons. The largest absolute Gasteiger partial charge is 0.416 e. The van der Waals surface area contributed by atoms with Crippen LogP contribution in [0.5, 0.6) is 0 Å². The summed E-state index contributed by atoms with van der Waals surface area (Å²) in [4.78, 5) is 57.2. The minimum absolute atomic E-state index is 0.0362. The van der Waals surface area contributed by atoms with Gasteiger partial charge in [-0.1, -0.05) is 30.8 Å². The number of para-hydroxylation sites is 2. The van der Waals surface area contributed by atoms with Gasteiger partial charge in [-0.3, -0.25) is 18.7 Å². The number of benzene rings is 3. The quantitative estimate of drug-likeness (QED) is 0.254. The average Bonchev–Trinajstić information content (AvgIpc) is 3.31. The van der Waals surface area contributed by atoms with Gasteiger partial charge in [0.05, 0.1) is 33.9 Å². The first-order chi connectivity index (χ1) is 21.9. The molecule has 2 aliphatic heterocycles. The Morgan fingerprint density at radius 3 is 2.04 bits per heavy atom. The van der Waals surface area contributed by atoms with Crippen molar-refractivity contribution in [2.24, 2.45) is 0 Å². The first kappa shape index (κ1) is 30.6. The Kier molecular flexibility index (Phi) is 7.88. The second kappa shape index (κ2) is 11.8. The zero-order valence-electron chi connectivity index (χ0n) is 24.3. The minimum atomic E-state index is -4.58. The number of hydrogen-bond acceptors (Lipinski definition) is 4. The maximum atomic E-state index is 14.0. The summed E-state index contributed by atoms with van der Waals surface area (Å²) in [5, 5.41) is 2.82. The van der Waals surface area contributed by atoms with Crippen LogP contribution in [0.2, 0.25) is 0 Å². The molecule has 2 saturated heterocycles. The molecule has 238 valence electrons. The fourth-order valence-electron chi connectivity index (χ4n) is 5.79. The lowest BCUT2D eigenvalue weighted by Crippen LogP contribution is -2.53. The SMILES string of the molecule is C=C(F)C(=O)N1CC(n2c(=O)n(-c3ccc(C(F)(F)F)cc3)c3cccc(C(=O)N4CCN(C(=O)Nc5ccccc5)CC4)c32)C1. The number of hydrogen-bond donors (Lipinski definition) is 1. The summed E-state index contributed by atoms with van der Waals surface area (Å²) >= 11 is 0. The molecular formula is C32H28F4N6O4. The summed E-state index contributed by atoms with van der Waals surface area (Å²) in [6, 6.07) is 16.8. The zero-order chi connectivity index (χ0) is 32.7. The lowest BCUT2D eigenvalue weighted by molar-refractivity contribution is -0.137. The molecule has 0 spiro atoms. The van der Waals surface area contributed by atoms with E-state index in [-0.39, 0.29) is 67.6 Å². The number of nitrogens with zero attached hydrogens (tertiary/aromatic N) is 5. The smallest absolute Gasteiger partial charge is 0.335 e. The van der Waals surface area contributed by atoms with Crippen LogP contribution in [0.15, 0.2) is 90.0 Å². The molecule has 1 N–H and O–H groups in total. The maximum absolute atomic E-state index is 14.0. The van der Waals surface area contributed by atoms with Crippen molar-refractivity contribution in [2.45, 2.75) is 12.2 Å². The van der Waals surface area contributed by atoms with Gasteiger partial charge in [0.15, 0.2) is 5.83 Å². The molecule has 10 nitrogen and oxygen atoms in total. The Bertz CT molecular complexity index is 1890. The Morgan fingerprint density at radius 2 is 1.43 bits per heavy atom. The fraction of sp³-hybridized carbons (Fsp3) is 0.250. The highest BCUT2D eigenvalue weighted by Crippen LogP contribution is 2.32. The van der Waals surface area contributed by atoms with Gasteiger partial charge < -0.3 is 20.0 Å². The van der Waals surface area contributed by atoms with E-state index in [0.717, 1.165) is 12.1 Å². The van der Waals surface area contributed by atoms with E-state index in [0.29, 0.717) is 5.69 Å². The number of alkyl halides is 3. The molecule has 4 aromatic rings. The molecule has 0 atom stereocenters. The number of fused-ring (bicyclic) bond motifs is 1. The Labute approximate surface area is 259 Å². The van der Waals surface area contributed by atoms with Gasteiger partial charge in [-0.2, -0.15) is 13.2 Å². The third kappa shape index (κ3) is 5.61. The van der Waals surface area contributed by atoms with E-state index < -0.39 is 41.1 Å².